The number of hydrogen-bond donors (Lipinski definition) is 1. The van der Waals surface area contributed by atoms with Gasteiger partial charge < -0.3 is 5.11 Å². The van der Waals surface area contributed by atoms with E-state index in [0.29, 0.717) is 6.04 Å². The smallest absolute Gasteiger partial charge is 0.351 e. The van der Waals surface area contributed by atoms with E-state index in [1.165, 1.54) is 0 Å². The quantitative estimate of drug-likeness (QED) is 0.402. The maximum atomic E-state index is 15.1. The maximum absolute atomic E-state index is 15.1. The van der Waals surface area contributed by atoms with Gasteiger partial charge in [-0.25, -0.2) is 8.78 Å². The third-order valence-electron chi connectivity index (χ3n) is 4.00. The molecule has 136 valence electrons. The maximum Gasteiger partial charge on any atom is 0.351 e. The van der Waals surface area contributed by atoms with Gasteiger partial charge >= 0.3 is 11.8 Å². The predicted molar refractivity (Wildman–Crippen MR) is 83.6 cm³/mol. The minimum atomic E-state index is -5.27. The second kappa shape index (κ2) is 6.29. The number of hydrogen-bond acceptors (Lipinski definition) is 2. The van der Waals surface area contributed by atoms with Gasteiger partial charge in [0.1, 0.15) is 0 Å². The summed E-state index contributed by atoms with van der Waals surface area (Å²) >= 11 is 0.262. The molecule has 0 heterocycles. The Morgan fingerprint density at radius 3 is 2.00 bits per heavy atom. The van der Waals surface area contributed by atoms with Gasteiger partial charge in [0, 0.05) is 20.6 Å². The van der Waals surface area contributed by atoms with Crippen LogP contribution in [-0.4, -0.2) is 48.1 Å². The molecule has 0 saturated heterocycles. The first kappa shape index (κ1) is 20.9. The van der Waals surface area contributed by atoms with Crippen molar-refractivity contribution in [3.63, 3.8) is 0 Å². The number of aliphatic hydroxyl groups excluding tert-OH is 1. The van der Waals surface area contributed by atoms with E-state index in [4.69, 9.17) is 5.11 Å². The molecule has 1 aliphatic rings. The van der Waals surface area contributed by atoms with Crippen LogP contribution in [0.25, 0.3) is 0 Å². The van der Waals surface area contributed by atoms with Crippen LogP contribution in [0, 0.1) is 5.92 Å². The van der Waals surface area contributed by atoms with Crippen molar-refractivity contribution in [1.82, 2.24) is 0 Å². The third kappa shape index (κ3) is 3.46. The van der Waals surface area contributed by atoms with E-state index in [-0.39, 0.29) is 29.7 Å². The minimum absolute atomic E-state index is 0.0298. The lowest BCUT2D eigenvalue weighted by Crippen LogP contribution is -2.69. The number of alkyl halides is 6. The summed E-state index contributed by atoms with van der Waals surface area (Å²) in [6.45, 7) is 5.54. The highest BCUT2D eigenvalue weighted by Gasteiger charge is 2.80. The first-order valence-electron chi connectivity index (χ1n) is 7.23. The molecule has 0 saturated carbocycles. The Morgan fingerprint density at radius 1 is 1.04 bits per heavy atom. The van der Waals surface area contributed by atoms with Crippen molar-refractivity contribution >= 4 is 19.8 Å². The molecule has 0 aromatic rings. The van der Waals surface area contributed by atoms with Crippen molar-refractivity contribution in [1.29, 1.82) is 0 Å². The van der Waals surface area contributed by atoms with E-state index in [1.54, 1.807) is 0 Å². The first-order chi connectivity index (χ1) is 10.1. The van der Waals surface area contributed by atoms with Crippen molar-refractivity contribution < 1.29 is 31.4 Å². The third-order valence-corrected chi connectivity index (χ3v) is 7.37. The molecule has 9 heteroatoms. The van der Waals surface area contributed by atoms with Gasteiger partial charge in [-0.15, -0.1) is 11.8 Å². The molecule has 0 amide bonds. The summed E-state index contributed by atoms with van der Waals surface area (Å²) in [4.78, 5) is 0. The number of thioether (sulfide) groups is 1. The van der Waals surface area contributed by atoms with Gasteiger partial charge in [0.05, 0.1) is 0 Å². The SMILES string of the molecule is CC(CO)C1(F)C(F)(SCC[Si](C)(C)C)C=CC(F)(F)C1(F)F. The fourth-order valence-corrected chi connectivity index (χ4v) is 6.18. The van der Waals surface area contributed by atoms with E-state index in [1.807, 2.05) is 19.6 Å². The molecular weight excluding hydrogens is 358 g/mol. The summed E-state index contributed by atoms with van der Waals surface area (Å²) in [5.74, 6) is -12.1. The van der Waals surface area contributed by atoms with Gasteiger partial charge in [-0.05, 0) is 23.9 Å². The molecule has 1 aliphatic carbocycles. The molecule has 0 spiro atoms. The standard InChI is InChI=1S/C14H22F6OSSi/c1-10(9-21)13(18)12(17,22-7-8-23(2,3)4)6-5-11(15,16)14(13,19)20/h5-6,10,21H,7-9H2,1-4H3. The molecule has 3 unspecified atom stereocenters. The van der Waals surface area contributed by atoms with E-state index < -0.39 is 43.1 Å². The Labute approximate surface area is 137 Å². The molecule has 0 aromatic heterocycles. The molecule has 0 radical (unpaired) electrons. The zero-order valence-electron chi connectivity index (χ0n) is 13.5. The highest BCUT2D eigenvalue weighted by Crippen LogP contribution is 2.61. The van der Waals surface area contributed by atoms with Crippen molar-refractivity contribution in [3.05, 3.63) is 12.2 Å². The van der Waals surface area contributed by atoms with E-state index in [9.17, 15) is 17.6 Å². The molecule has 0 aliphatic heterocycles. The first-order valence-corrected chi connectivity index (χ1v) is 11.9. The zero-order valence-corrected chi connectivity index (χ0v) is 15.3. The molecule has 0 fully saturated rings. The highest BCUT2D eigenvalue weighted by atomic mass is 32.2. The summed E-state index contributed by atoms with van der Waals surface area (Å²) < 4.78 is 85.3. The van der Waals surface area contributed by atoms with Crippen LogP contribution in [0.2, 0.25) is 25.7 Å². The summed E-state index contributed by atoms with van der Waals surface area (Å²) in [6.07, 6.45) is -0.0815. The van der Waals surface area contributed by atoms with Gasteiger partial charge in [0.25, 0.3) is 0 Å². The molecule has 1 nitrogen and oxygen atoms in total. The van der Waals surface area contributed by atoms with Crippen LogP contribution in [0.3, 0.4) is 0 Å². The lowest BCUT2D eigenvalue weighted by atomic mass is 9.74. The number of allylic oxidation sites excluding steroid dienone is 1. The molecule has 0 bridgehead atoms. The zero-order chi connectivity index (χ0) is 18.3. The number of halogens is 6. The Kier molecular flexibility index (Phi) is 5.71. The minimum Gasteiger partial charge on any atom is -0.396 e. The second-order valence-electron chi connectivity index (χ2n) is 7.13. The van der Waals surface area contributed by atoms with E-state index in [0.717, 1.165) is 6.92 Å². The van der Waals surface area contributed by atoms with Crippen LogP contribution in [-0.2, 0) is 0 Å². The van der Waals surface area contributed by atoms with Gasteiger partial charge in [-0.2, -0.15) is 17.6 Å². The largest absolute Gasteiger partial charge is 0.396 e. The van der Waals surface area contributed by atoms with E-state index >= 15 is 8.78 Å². The van der Waals surface area contributed by atoms with Crippen molar-refractivity contribution in [2.45, 2.75) is 55.1 Å². The Balaban J connectivity index is 3.27. The van der Waals surface area contributed by atoms with Crippen LogP contribution in [0.4, 0.5) is 26.3 Å². The second-order valence-corrected chi connectivity index (χ2v) is 14.0. The Bertz CT molecular complexity index is 467. The van der Waals surface area contributed by atoms with Crippen LogP contribution in [0.5, 0.6) is 0 Å². The van der Waals surface area contributed by atoms with E-state index in [2.05, 4.69) is 0 Å². The summed E-state index contributed by atoms with van der Waals surface area (Å²) in [7, 11) is -1.64. The Hall–Kier alpha value is -0.153. The van der Waals surface area contributed by atoms with Crippen LogP contribution >= 0.6 is 11.8 Å². The molecule has 0 aromatic carbocycles. The predicted octanol–water partition coefficient (Wildman–Crippen LogP) is 4.90. The average Bonchev–Trinajstić information content (AvgIpc) is 2.40. The number of rotatable bonds is 6. The monoisotopic (exact) mass is 380 g/mol. The van der Waals surface area contributed by atoms with Gasteiger partial charge in [0.15, 0.2) is 0 Å². The molecule has 23 heavy (non-hydrogen) atoms. The lowest BCUT2D eigenvalue weighted by Gasteiger charge is -2.49. The highest BCUT2D eigenvalue weighted by molar-refractivity contribution is 8.00. The van der Waals surface area contributed by atoms with Crippen LogP contribution < -0.4 is 0 Å². The number of aliphatic hydroxyl groups is 1. The molecule has 1 N–H and O–H groups in total. The summed E-state index contributed by atoms with van der Waals surface area (Å²) in [6, 6.07) is 0.517. The Morgan fingerprint density at radius 2 is 1.57 bits per heavy atom. The lowest BCUT2D eigenvalue weighted by molar-refractivity contribution is -0.289. The van der Waals surface area contributed by atoms with Crippen LogP contribution in [0.1, 0.15) is 6.92 Å². The van der Waals surface area contributed by atoms with Gasteiger partial charge in [-0.1, -0.05) is 26.6 Å². The molecular formula is C14H22F6OSSi. The fraction of sp³-hybridized carbons (Fsp3) is 0.857. The topological polar surface area (TPSA) is 20.2 Å². The van der Waals surface area contributed by atoms with Gasteiger partial charge in [-0.3, -0.25) is 0 Å². The average molecular weight is 380 g/mol. The van der Waals surface area contributed by atoms with Crippen molar-refractivity contribution in [2.75, 3.05) is 12.4 Å². The van der Waals surface area contributed by atoms with Crippen molar-refractivity contribution in [2.24, 2.45) is 5.92 Å². The molecule has 3 atom stereocenters. The summed E-state index contributed by atoms with van der Waals surface area (Å²) in [5, 5.41) is 5.70. The van der Waals surface area contributed by atoms with Gasteiger partial charge in [0.2, 0.25) is 10.7 Å². The normalized spacial score (nSPS) is 34.4. The summed E-state index contributed by atoms with van der Waals surface area (Å²) in [5.41, 5.74) is -4.21. The molecule has 1 rings (SSSR count). The van der Waals surface area contributed by atoms with Crippen LogP contribution in [0.15, 0.2) is 12.2 Å². The fourth-order valence-electron chi connectivity index (χ4n) is 2.32. The van der Waals surface area contributed by atoms with Crippen molar-refractivity contribution in [3.8, 4) is 0 Å².